The molecule has 0 saturated carbocycles. The van der Waals surface area contributed by atoms with Gasteiger partial charge in [-0.1, -0.05) is 18.6 Å². The topological polar surface area (TPSA) is 56.0 Å². The molecular formula is C16H20N2O. The van der Waals surface area contributed by atoms with Gasteiger partial charge in [0.15, 0.2) is 0 Å². The number of aliphatic hydroxyl groups is 1. The summed E-state index contributed by atoms with van der Waals surface area (Å²) in [6, 6.07) is 8.86. The van der Waals surface area contributed by atoms with Crippen LogP contribution in [0.1, 0.15) is 48.8 Å². The number of hydrogen-bond donors (Lipinski definition) is 2. The van der Waals surface area contributed by atoms with Crippen molar-refractivity contribution in [3.05, 3.63) is 34.9 Å². The van der Waals surface area contributed by atoms with Gasteiger partial charge in [0.2, 0.25) is 0 Å². The summed E-state index contributed by atoms with van der Waals surface area (Å²) in [5.74, 6) is 0. The molecule has 0 aromatic heterocycles. The highest BCUT2D eigenvalue weighted by molar-refractivity contribution is 5.42. The lowest BCUT2D eigenvalue weighted by atomic mass is 9.73. The van der Waals surface area contributed by atoms with Crippen LogP contribution in [0.5, 0.6) is 0 Å². The Labute approximate surface area is 114 Å². The third-order valence-corrected chi connectivity index (χ3v) is 4.64. The summed E-state index contributed by atoms with van der Waals surface area (Å²) in [5.41, 5.74) is 1.80. The van der Waals surface area contributed by atoms with Gasteiger partial charge in [-0.25, -0.2) is 0 Å². The smallest absolute Gasteiger partial charge is 0.0994 e. The fourth-order valence-corrected chi connectivity index (χ4v) is 3.60. The van der Waals surface area contributed by atoms with E-state index in [2.05, 4.69) is 11.4 Å². The zero-order valence-electron chi connectivity index (χ0n) is 11.3. The number of hydrogen-bond acceptors (Lipinski definition) is 3. The van der Waals surface area contributed by atoms with Crippen LogP contribution in [0.4, 0.5) is 0 Å². The molecule has 2 unspecified atom stereocenters. The predicted octanol–water partition coefficient (Wildman–Crippen LogP) is 2.36. The number of rotatable bonds is 1. The van der Waals surface area contributed by atoms with Crippen molar-refractivity contribution in [1.29, 1.82) is 5.26 Å². The lowest BCUT2D eigenvalue weighted by Crippen LogP contribution is -2.54. The van der Waals surface area contributed by atoms with Gasteiger partial charge in [0.25, 0.3) is 0 Å². The number of nitriles is 1. The zero-order chi connectivity index (χ0) is 13.5. The summed E-state index contributed by atoms with van der Waals surface area (Å²) in [7, 11) is 0. The summed E-state index contributed by atoms with van der Waals surface area (Å²) >= 11 is 0. The van der Waals surface area contributed by atoms with E-state index in [1.165, 1.54) is 6.42 Å². The van der Waals surface area contributed by atoms with Crippen LogP contribution in [0.2, 0.25) is 0 Å². The Morgan fingerprint density at radius 1 is 1.32 bits per heavy atom. The average molecular weight is 256 g/mol. The largest absolute Gasteiger partial charge is 0.385 e. The lowest BCUT2D eigenvalue weighted by molar-refractivity contribution is -0.0359. The third kappa shape index (κ3) is 2.27. The van der Waals surface area contributed by atoms with Crippen LogP contribution in [0.25, 0.3) is 0 Å². The molecule has 2 heterocycles. The van der Waals surface area contributed by atoms with E-state index in [4.69, 9.17) is 5.26 Å². The van der Waals surface area contributed by atoms with Crippen molar-refractivity contribution < 1.29 is 5.11 Å². The Bertz CT molecular complexity index is 520. The van der Waals surface area contributed by atoms with Crippen molar-refractivity contribution in [3.8, 4) is 6.07 Å². The SMILES string of the molecule is Cc1ccc(C2(O)CC3CCCC(C2)N3)cc1C#N. The molecule has 2 saturated heterocycles. The molecule has 0 aliphatic carbocycles. The molecule has 2 atom stereocenters. The summed E-state index contributed by atoms with van der Waals surface area (Å²) in [5, 5.41) is 23.7. The van der Waals surface area contributed by atoms with Crippen molar-refractivity contribution in [2.45, 2.75) is 56.7 Å². The van der Waals surface area contributed by atoms with Gasteiger partial charge >= 0.3 is 0 Å². The van der Waals surface area contributed by atoms with Gasteiger partial charge in [0, 0.05) is 12.1 Å². The van der Waals surface area contributed by atoms with Crippen LogP contribution >= 0.6 is 0 Å². The second-order valence-electron chi connectivity index (χ2n) is 6.07. The first kappa shape index (κ1) is 12.7. The minimum absolute atomic E-state index is 0.421. The summed E-state index contributed by atoms with van der Waals surface area (Å²) in [6.07, 6.45) is 5.08. The average Bonchev–Trinajstić information content (AvgIpc) is 2.38. The molecule has 1 aromatic rings. The standard InChI is InChI=1S/C16H20N2O/c1-11-5-6-13(7-12(11)10-17)16(19)8-14-3-2-4-15(9-16)18-14/h5-7,14-15,18-19H,2-4,8-9H2,1H3. The highest BCUT2D eigenvalue weighted by atomic mass is 16.3. The van der Waals surface area contributed by atoms with Crippen LogP contribution in [-0.4, -0.2) is 17.2 Å². The highest BCUT2D eigenvalue weighted by Crippen LogP contribution is 2.39. The second kappa shape index (κ2) is 4.63. The molecule has 100 valence electrons. The maximum atomic E-state index is 11.0. The van der Waals surface area contributed by atoms with Gasteiger partial charge in [-0.05, 0) is 49.8 Å². The maximum Gasteiger partial charge on any atom is 0.0994 e. The number of piperidine rings is 2. The highest BCUT2D eigenvalue weighted by Gasteiger charge is 2.41. The minimum Gasteiger partial charge on any atom is -0.385 e. The molecule has 1 aromatic carbocycles. The zero-order valence-corrected chi connectivity index (χ0v) is 11.3. The van der Waals surface area contributed by atoms with E-state index < -0.39 is 5.60 Å². The van der Waals surface area contributed by atoms with Crippen molar-refractivity contribution in [2.24, 2.45) is 0 Å². The molecule has 2 N–H and O–H groups in total. The number of aryl methyl sites for hydroxylation is 1. The minimum atomic E-state index is -0.764. The molecule has 19 heavy (non-hydrogen) atoms. The van der Waals surface area contributed by atoms with Crippen LogP contribution in [0.15, 0.2) is 18.2 Å². The molecule has 0 radical (unpaired) electrons. The molecule has 2 fully saturated rings. The Kier molecular flexibility index (Phi) is 3.08. The Balaban J connectivity index is 1.94. The Morgan fingerprint density at radius 3 is 2.63 bits per heavy atom. The Morgan fingerprint density at radius 2 is 2.00 bits per heavy atom. The van der Waals surface area contributed by atoms with Gasteiger partial charge < -0.3 is 10.4 Å². The summed E-state index contributed by atoms with van der Waals surface area (Å²) in [4.78, 5) is 0. The quantitative estimate of drug-likeness (QED) is 0.811. The summed E-state index contributed by atoms with van der Waals surface area (Å²) < 4.78 is 0. The first-order chi connectivity index (χ1) is 9.10. The molecule has 3 rings (SSSR count). The van der Waals surface area contributed by atoms with E-state index in [0.717, 1.165) is 36.8 Å². The van der Waals surface area contributed by atoms with Gasteiger partial charge in [0.05, 0.1) is 17.2 Å². The first-order valence-corrected chi connectivity index (χ1v) is 7.10. The fourth-order valence-electron chi connectivity index (χ4n) is 3.60. The molecule has 3 nitrogen and oxygen atoms in total. The first-order valence-electron chi connectivity index (χ1n) is 7.10. The van der Waals surface area contributed by atoms with E-state index in [9.17, 15) is 5.11 Å². The van der Waals surface area contributed by atoms with Crippen LogP contribution in [0, 0.1) is 18.3 Å². The molecular weight excluding hydrogens is 236 g/mol. The van der Waals surface area contributed by atoms with Crippen molar-refractivity contribution >= 4 is 0 Å². The molecule has 3 heteroatoms. The van der Waals surface area contributed by atoms with E-state index in [-0.39, 0.29) is 0 Å². The van der Waals surface area contributed by atoms with E-state index >= 15 is 0 Å². The number of benzene rings is 1. The van der Waals surface area contributed by atoms with Gasteiger partial charge in [-0.2, -0.15) is 5.26 Å². The molecule has 0 spiro atoms. The summed E-state index contributed by atoms with van der Waals surface area (Å²) in [6.45, 7) is 1.93. The van der Waals surface area contributed by atoms with Gasteiger partial charge in [-0.3, -0.25) is 0 Å². The van der Waals surface area contributed by atoms with Crippen molar-refractivity contribution in [3.63, 3.8) is 0 Å². The monoisotopic (exact) mass is 256 g/mol. The van der Waals surface area contributed by atoms with Gasteiger partial charge in [0.1, 0.15) is 0 Å². The molecule has 2 bridgehead atoms. The molecule has 0 amide bonds. The van der Waals surface area contributed by atoms with Crippen LogP contribution < -0.4 is 5.32 Å². The maximum absolute atomic E-state index is 11.0. The molecule has 2 aliphatic heterocycles. The van der Waals surface area contributed by atoms with Crippen molar-refractivity contribution in [2.75, 3.05) is 0 Å². The van der Waals surface area contributed by atoms with E-state index in [1.54, 1.807) is 0 Å². The lowest BCUT2D eigenvalue weighted by Gasteiger charge is -2.45. The van der Waals surface area contributed by atoms with Crippen LogP contribution in [-0.2, 0) is 5.60 Å². The molecule has 2 aliphatic rings. The van der Waals surface area contributed by atoms with Crippen molar-refractivity contribution in [1.82, 2.24) is 5.32 Å². The number of fused-ring (bicyclic) bond motifs is 2. The normalized spacial score (nSPS) is 33.7. The second-order valence-corrected chi connectivity index (χ2v) is 6.07. The van der Waals surface area contributed by atoms with E-state index in [1.807, 2.05) is 25.1 Å². The fraction of sp³-hybridized carbons (Fsp3) is 0.562. The van der Waals surface area contributed by atoms with Gasteiger partial charge in [-0.15, -0.1) is 0 Å². The third-order valence-electron chi connectivity index (χ3n) is 4.64. The Hall–Kier alpha value is -1.37. The van der Waals surface area contributed by atoms with E-state index in [0.29, 0.717) is 17.6 Å². The van der Waals surface area contributed by atoms with Crippen LogP contribution in [0.3, 0.4) is 0 Å². The number of nitrogens with zero attached hydrogens (tertiary/aromatic N) is 1. The predicted molar refractivity (Wildman–Crippen MR) is 73.6 cm³/mol. The number of nitrogens with one attached hydrogen (secondary N) is 1.